The zero-order valence-corrected chi connectivity index (χ0v) is 15.9. The summed E-state index contributed by atoms with van der Waals surface area (Å²) in [5, 5.41) is 4.63. The molecule has 1 amide bonds. The lowest BCUT2D eigenvalue weighted by molar-refractivity contribution is 0.0741. The SMILES string of the molecule is O=C(c1cc2ccccc2[nH]1)N1CCN(c2ncccc2NCC2CC2)CC1. The van der Waals surface area contributed by atoms with Gasteiger partial charge in [0.2, 0.25) is 0 Å². The number of nitrogens with zero attached hydrogens (tertiary/aromatic N) is 3. The van der Waals surface area contributed by atoms with Gasteiger partial charge in [-0.25, -0.2) is 4.98 Å². The van der Waals surface area contributed by atoms with E-state index in [4.69, 9.17) is 0 Å². The van der Waals surface area contributed by atoms with Gasteiger partial charge in [0.1, 0.15) is 5.69 Å². The third-order valence-corrected chi connectivity index (χ3v) is 5.69. The number of H-pyrrole nitrogens is 1. The number of hydrogen-bond acceptors (Lipinski definition) is 4. The number of rotatable bonds is 5. The second-order valence-electron chi connectivity index (χ2n) is 7.75. The van der Waals surface area contributed by atoms with Crippen LogP contribution >= 0.6 is 0 Å². The Morgan fingerprint density at radius 1 is 1.11 bits per heavy atom. The van der Waals surface area contributed by atoms with E-state index in [1.165, 1.54) is 12.8 Å². The number of carbonyl (C=O) groups excluding carboxylic acids is 1. The highest BCUT2D eigenvalue weighted by molar-refractivity contribution is 5.98. The molecule has 2 N–H and O–H groups in total. The predicted octanol–water partition coefficient (Wildman–Crippen LogP) is 3.35. The fourth-order valence-corrected chi connectivity index (χ4v) is 3.84. The quantitative estimate of drug-likeness (QED) is 0.718. The van der Waals surface area contributed by atoms with Crippen LogP contribution in [0.3, 0.4) is 0 Å². The monoisotopic (exact) mass is 375 g/mol. The summed E-state index contributed by atoms with van der Waals surface area (Å²) in [5.41, 5.74) is 2.77. The molecule has 0 bridgehead atoms. The number of carbonyl (C=O) groups is 1. The Labute approximate surface area is 164 Å². The van der Waals surface area contributed by atoms with E-state index in [2.05, 4.69) is 26.3 Å². The molecular weight excluding hydrogens is 350 g/mol. The second kappa shape index (κ2) is 7.19. The Balaban J connectivity index is 1.25. The van der Waals surface area contributed by atoms with Gasteiger partial charge in [0.15, 0.2) is 5.82 Å². The molecule has 1 saturated heterocycles. The topological polar surface area (TPSA) is 64.3 Å². The van der Waals surface area contributed by atoms with Crippen LogP contribution < -0.4 is 10.2 Å². The molecule has 1 aromatic carbocycles. The van der Waals surface area contributed by atoms with Crippen LogP contribution in [0, 0.1) is 5.92 Å². The van der Waals surface area contributed by atoms with Crippen LogP contribution in [0.25, 0.3) is 10.9 Å². The fraction of sp³-hybridized carbons (Fsp3) is 0.364. The van der Waals surface area contributed by atoms with Crippen molar-refractivity contribution >= 4 is 28.3 Å². The van der Waals surface area contributed by atoms with E-state index in [0.717, 1.165) is 48.0 Å². The van der Waals surface area contributed by atoms with Gasteiger partial charge in [-0.3, -0.25) is 4.79 Å². The fourth-order valence-electron chi connectivity index (χ4n) is 3.84. The van der Waals surface area contributed by atoms with Crippen molar-refractivity contribution in [3.8, 4) is 0 Å². The van der Waals surface area contributed by atoms with Crippen LogP contribution in [0.5, 0.6) is 0 Å². The molecule has 0 radical (unpaired) electrons. The normalized spacial score (nSPS) is 17.1. The Morgan fingerprint density at radius 3 is 2.71 bits per heavy atom. The molecule has 1 aliphatic carbocycles. The summed E-state index contributed by atoms with van der Waals surface area (Å²) in [4.78, 5) is 25.0. The number of anilines is 2. The van der Waals surface area contributed by atoms with E-state index in [9.17, 15) is 4.79 Å². The number of aromatic amines is 1. The molecule has 0 spiro atoms. The third-order valence-electron chi connectivity index (χ3n) is 5.69. The second-order valence-corrected chi connectivity index (χ2v) is 7.75. The molecule has 28 heavy (non-hydrogen) atoms. The van der Waals surface area contributed by atoms with E-state index >= 15 is 0 Å². The Bertz CT molecular complexity index is 952. The van der Waals surface area contributed by atoms with Crippen LogP contribution in [-0.2, 0) is 0 Å². The lowest BCUT2D eigenvalue weighted by Gasteiger charge is -2.36. The zero-order chi connectivity index (χ0) is 18.9. The van der Waals surface area contributed by atoms with Crippen molar-refractivity contribution in [2.24, 2.45) is 5.92 Å². The number of hydrogen-bond donors (Lipinski definition) is 2. The zero-order valence-electron chi connectivity index (χ0n) is 15.9. The maximum Gasteiger partial charge on any atom is 0.270 e. The molecule has 1 saturated carbocycles. The number of piperazine rings is 1. The molecule has 0 atom stereocenters. The van der Waals surface area contributed by atoms with Gasteiger partial charge < -0.3 is 20.1 Å². The molecule has 6 heteroatoms. The first-order valence-corrected chi connectivity index (χ1v) is 10.1. The van der Waals surface area contributed by atoms with Crippen LogP contribution in [-0.4, -0.2) is 53.5 Å². The minimum atomic E-state index is 0.0731. The minimum Gasteiger partial charge on any atom is -0.382 e. The van der Waals surface area contributed by atoms with Crippen LogP contribution in [0.4, 0.5) is 11.5 Å². The van der Waals surface area contributed by atoms with Crippen molar-refractivity contribution in [1.82, 2.24) is 14.9 Å². The van der Waals surface area contributed by atoms with Gasteiger partial charge in [-0.15, -0.1) is 0 Å². The summed E-state index contributed by atoms with van der Waals surface area (Å²) >= 11 is 0. The summed E-state index contributed by atoms with van der Waals surface area (Å²) < 4.78 is 0. The average Bonchev–Trinajstić information content (AvgIpc) is 3.48. The number of nitrogens with one attached hydrogen (secondary N) is 2. The van der Waals surface area contributed by atoms with E-state index in [1.807, 2.05) is 47.5 Å². The first kappa shape index (κ1) is 17.1. The maximum absolute atomic E-state index is 12.9. The van der Waals surface area contributed by atoms with Crippen molar-refractivity contribution in [2.45, 2.75) is 12.8 Å². The maximum atomic E-state index is 12.9. The van der Waals surface area contributed by atoms with Gasteiger partial charge in [-0.1, -0.05) is 18.2 Å². The number of aromatic nitrogens is 2. The molecule has 6 nitrogen and oxygen atoms in total. The molecule has 144 valence electrons. The van der Waals surface area contributed by atoms with Crippen molar-refractivity contribution < 1.29 is 4.79 Å². The summed E-state index contributed by atoms with van der Waals surface area (Å²) in [6.07, 6.45) is 4.51. The van der Waals surface area contributed by atoms with Crippen molar-refractivity contribution in [3.63, 3.8) is 0 Å². The van der Waals surface area contributed by atoms with Gasteiger partial charge in [0.25, 0.3) is 5.91 Å². The molecule has 2 fully saturated rings. The molecule has 5 rings (SSSR count). The Morgan fingerprint density at radius 2 is 1.93 bits per heavy atom. The summed E-state index contributed by atoms with van der Waals surface area (Å²) in [6.45, 7) is 4.01. The number of amides is 1. The van der Waals surface area contributed by atoms with E-state index in [0.29, 0.717) is 18.8 Å². The molecule has 1 aliphatic heterocycles. The van der Waals surface area contributed by atoms with Crippen molar-refractivity contribution in [2.75, 3.05) is 42.9 Å². The Kier molecular flexibility index (Phi) is 4.39. The average molecular weight is 375 g/mol. The van der Waals surface area contributed by atoms with Gasteiger partial charge >= 0.3 is 0 Å². The highest BCUT2D eigenvalue weighted by atomic mass is 16.2. The molecule has 2 aliphatic rings. The first-order chi connectivity index (χ1) is 13.8. The first-order valence-electron chi connectivity index (χ1n) is 10.1. The largest absolute Gasteiger partial charge is 0.382 e. The smallest absolute Gasteiger partial charge is 0.270 e. The summed E-state index contributed by atoms with van der Waals surface area (Å²) in [7, 11) is 0. The number of benzene rings is 1. The van der Waals surface area contributed by atoms with E-state index in [-0.39, 0.29) is 5.91 Å². The minimum absolute atomic E-state index is 0.0731. The van der Waals surface area contributed by atoms with Crippen LogP contribution in [0.1, 0.15) is 23.3 Å². The number of pyridine rings is 1. The molecule has 3 heterocycles. The van der Waals surface area contributed by atoms with E-state index < -0.39 is 0 Å². The Hall–Kier alpha value is -3.02. The van der Waals surface area contributed by atoms with Gasteiger partial charge in [-0.05, 0) is 43.0 Å². The lowest BCUT2D eigenvalue weighted by Crippen LogP contribution is -2.49. The third kappa shape index (κ3) is 3.42. The van der Waals surface area contributed by atoms with Crippen molar-refractivity contribution in [1.29, 1.82) is 0 Å². The molecule has 0 unspecified atom stereocenters. The molecular formula is C22H25N5O. The van der Waals surface area contributed by atoms with Crippen LogP contribution in [0.15, 0.2) is 48.7 Å². The van der Waals surface area contributed by atoms with E-state index in [1.54, 1.807) is 0 Å². The van der Waals surface area contributed by atoms with Crippen LogP contribution in [0.2, 0.25) is 0 Å². The highest BCUT2D eigenvalue weighted by Gasteiger charge is 2.26. The highest BCUT2D eigenvalue weighted by Crippen LogP contribution is 2.31. The van der Waals surface area contributed by atoms with Gasteiger partial charge in [0, 0.05) is 49.8 Å². The van der Waals surface area contributed by atoms with Gasteiger partial charge in [-0.2, -0.15) is 0 Å². The lowest BCUT2D eigenvalue weighted by atomic mass is 10.2. The molecule has 3 aromatic rings. The summed E-state index contributed by atoms with van der Waals surface area (Å²) in [6, 6.07) is 14.0. The number of para-hydroxylation sites is 1. The van der Waals surface area contributed by atoms with Gasteiger partial charge in [0.05, 0.1) is 5.69 Å². The predicted molar refractivity (Wildman–Crippen MR) is 112 cm³/mol. The summed E-state index contributed by atoms with van der Waals surface area (Å²) in [5.74, 6) is 1.89. The standard InChI is InChI=1S/C22H25N5O/c28-22(20-14-17-4-1-2-5-18(17)25-20)27-12-10-26(11-13-27)21-19(6-3-9-23-21)24-15-16-7-8-16/h1-6,9,14,16,24-25H,7-8,10-13,15H2. The molecule has 2 aromatic heterocycles. The number of fused-ring (bicyclic) bond motifs is 1. The van der Waals surface area contributed by atoms with Crippen molar-refractivity contribution in [3.05, 3.63) is 54.4 Å².